The number of hydrogen-bond acceptors (Lipinski definition) is 3. The smallest absolute Gasteiger partial charge is 0.225 e. The van der Waals surface area contributed by atoms with E-state index in [9.17, 15) is 4.79 Å². The van der Waals surface area contributed by atoms with Gasteiger partial charge in [0.25, 0.3) is 0 Å². The molecule has 3 nitrogen and oxygen atoms in total. The first-order valence-electron chi connectivity index (χ1n) is 4.54. The first-order chi connectivity index (χ1) is 7.13. The number of hydrogen-bond donors (Lipinski definition) is 1. The Bertz CT molecular complexity index is 357. The van der Waals surface area contributed by atoms with Gasteiger partial charge in [-0.15, -0.1) is 0 Å². The van der Waals surface area contributed by atoms with Crippen LogP contribution in [-0.4, -0.2) is 22.9 Å². The second-order valence-electron chi connectivity index (χ2n) is 3.14. The highest BCUT2D eigenvalue weighted by Gasteiger charge is 2.06. The third kappa shape index (κ3) is 4.10. The number of thioether (sulfide) groups is 1. The zero-order valence-electron chi connectivity index (χ0n) is 8.71. The fourth-order valence-corrected chi connectivity index (χ4v) is 1.59. The number of halogens is 1. The van der Waals surface area contributed by atoms with Gasteiger partial charge in [-0.3, -0.25) is 4.79 Å². The molecule has 1 heterocycles. The highest BCUT2D eigenvalue weighted by molar-refractivity contribution is 7.98. The van der Waals surface area contributed by atoms with Gasteiger partial charge in [-0.2, -0.15) is 11.8 Å². The molecular weight excluding hydrogens is 232 g/mol. The Hall–Kier alpha value is -0.740. The molecule has 0 radical (unpaired) electrons. The molecule has 15 heavy (non-hydrogen) atoms. The number of carbonyl (C=O) groups is 1. The van der Waals surface area contributed by atoms with Crippen LogP contribution >= 0.6 is 23.4 Å². The molecule has 0 spiro atoms. The standard InChI is InChI=1S/C10H13ClN2OS/c1-7-5-8(10(11)12-6-7)13-9(14)3-4-15-2/h5-6H,3-4H2,1-2H3,(H,13,14). The summed E-state index contributed by atoms with van der Waals surface area (Å²) in [6.07, 6.45) is 4.12. The van der Waals surface area contributed by atoms with Gasteiger partial charge < -0.3 is 5.32 Å². The van der Waals surface area contributed by atoms with Crippen molar-refractivity contribution in [3.05, 3.63) is 23.0 Å². The second-order valence-corrected chi connectivity index (χ2v) is 4.49. The normalized spacial score (nSPS) is 10.1. The Kier molecular flexibility index (Phi) is 4.91. The van der Waals surface area contributed by atoms with Crippen molar-refractivity contribution in [2.75, 3.05) is 17.3 Å². The quantitative estimate of drug-likeness (QED) is 0.829. The van der Waals surface area contributed by atoms with E-state index in [-0.39, 0.29) is 5.91 Å². The summed E-state index contributed by atoms with van der Waals surface area (Å²) < 4.78 is 0. The predicted molar refractivity (Wildman–Crippen MR) is 65.6 cm³/mol. The van der Waals surface area contributed by atoms with Gasteiger partial charge in [-0.25, -0.2) is 4.98 Å². The minimum absolute atomic E-state index is 0.0290. The molecule has 0 saturated carbocycles. The summed E-state index contributed by atoms with van der Waals surface area (Å²) >= 11 is 7.48. The van der Waals surface area contributed by atoms with Crippen molar-refractivity contribution in [2.45, 2.75) is 13.3 Å². The number of carbonyl (C=O) groups excluding carboxylic acids is 1. The Morgan fingerprint density at radius 1 is 1.67 bits per heavy atom. The number of pyridine rings is 1. The molecule has 0 aliphatic heterocycles. The van der Waals surface area contributed by atoms with E-state index in [0.717, 1.165) is 11.3 Å². The van der Waals surface area contributed by atoms with Crippen LogP contribution in [0.15, 0.2) is 12.3 Å². The van der Waals surface area contributed by atoms with Crippen LogP contribution in [0.1, 0.15) is 12.0 Å². The largest absolute Gasteiger partial charge is 0.323 e. The lowest BCUT2D eigenvalue weighted by atomic mass is 10.3. The SMILES string of the molecule is CSCCC(=O)Nc1cc(C)cnc1Cl. The molecule has 0 unspecified atom stereocenters. The molecule has 0 atom stereocenters. The van der Waals surface area contributed by atoms with E-state index in [1.807, 2.05) is 19.2 Å². The minimum Gasteiger partial charge on any atom is -0.323 e. The van der Waals surface area contributed by atoms with Crippen LogP contribution in [0.2, 0.25) is 5.15 Å². The number of amides is 1. The molecule has 1 aromatic heterocycles. The van der Waals surface area contributed by atoms with Crippen molar-refractivity contribution in [3.63, 3.8) is 0 Å². The molecule has 0 aliphatic carbocycles. The van der Waals surface area contributed by atoms with E-state index in [4.69, 9.17) is 11.6 Å². The Labute approximate surface area is 98.6 Å². The maximum atomic E-state index is 11.4. The molecule has 1 rings (SSSR count). The first kappa shape index (κ1) is 12.3. The Balaban J connectivity index is 2.63. The fourth-order valence-electron chi connectivity index (χ4n) is 1.05. The third-order valence-electron chi connectivity index (χ3n) is 1.78. The zero-order valence-corrected chi connectivity index (χ0v) is 10.3. The van der Waals surface area contributed by atoms with Gasteiger partial charge in [0.15, 0.2) is 5.15 Å². The van der Waals surface area contributed by atoms with Gasteiger partial charge in [-0.05, 0) is 24.8 Å². The molecule has 82 valence electrons. The van der Waals surface area contributed by atoms with Crippen LogP contribution in [0.5, 0.6) is 0 Å². The Morgan fingerprint density at radius 3 is 3.07 bits per heavy atom. The summed E-state index contributed by atoms with van der Waals surface area (Å²) in [6.45, 7) is 1.90. The average molecular weight is 245 g/mol. The summed E-state index contributed by atoms with van der Waals surface area (Å²) in [6, 6.07) is 1.81. The van der Waals surface area contributed by atoms with Crippen LogP contribution in [0, 0.1) is 6.92 Å². The number of aryl methyl sites for hydroxylation is 1. The number of aromatic nitrogens is 1. The van der Waals surface area contributed by atoms with Gasteiger partial charge in [0.05, 0.1) is 5.69 Å². The molecular formula is C10H13ClN2OS. The summed E-state index contributed by atoms with van der Waals surface area (Å²) in [5.74, 6) is 0.779. The van der Waals surface area contributed by atoms with Gasteiger partial charge in [0.2, 0.25) is 5.91 Å². The second kappa shape index (κ2) is 5.98. The van der Waals surface area contributed by atoms with E-state index in [1.165, 1.54) is 0 Å². The summed E-state index contributed by atoms with van der Waals surface area (Å²) in [5.41, 5.74) is 1.56. The van der Waals surface area contributed by atoms with Crippen LogP contribution < -0.4 is 5.32 Å². The van der Waals surface area contributed by atoms with Crippen molar-refractivity contribution >= 4 is 35.0 Å². The molecule has 0 saturated heterocycles. The lowest BCUT2D eigenvalue weighted by Gasteiger charge is -2.06. The van der Waals surface area contributed by atoms with Crippen molar-refractivity contribution in [3.8, 4) is 0 Å². The lowest BCUT2D eigenvalue weighted by molar-refractivity contribution is -0.115. The fraction of sp³-hybridized carbons (Fsp3) is 0.400. The maximum absolute atomic E-state index is 11.4. The van der Waals surface area contributed by atoms with E-state index < -0.39 is 0 Å². The highest BCUT2D eigenvalue weighted by Crippen LogP contribution is 2.19. The first-order valence-corrected chi connectivity index (χ1v) is 6.31. The summed E-state index contributed by atoms with van der Waals surface area (Å²) in [5, 5.41) is 3.07. The molecule has 0 aromatic carbocycles. The van der Waals surface area contributed by atoms with Crippen LogP contribution in [0.25, 0.3) is 0 Å². The molecule has 0 fully saturated rings. The molecule has 0 bridgehead atoms. The van der Waals surface area contributed by atoms with Gasteiger partial charge in [0.1, 0.15) is 0 Å². The lowest BCUT2D eigenvalue weighted by Crippen LogP contribution is -2.12. The van der Waals surface area contributed by atoms with Crippen molar-refractivity contribution in [1.82, 2.24) is 4.98 Å². The Morgan fingerprint density at radius 2 is 2.40 bits per heavy atom. The molecule has 1 N–H and O–H groups in total. The van der Waals surface area contributed by atoms with E-state index >= 15 is 0 Å². The number of nitrogens with zero attached hydrogens (tertiary/aromatic N) is 1. The van der Waals surface area contributed by atoms with Crippen LogP contribution in [-0.2, 0) is 4.79 Å². The summed E-state index contributed by atoms with van der Waals surface area (Å²) in [7, 11) is 0. The number of rotatable bonds is 4. The minimum atomic E-state index is -0.0290. The zero-order chi connectivity index (χ0) is 11.3. The maximum Gasteiger partial charge on any atom is 0.225 e. The molecule has 1 amide bonds. The molecule has 0 aliphatic rings. The highest BCUT2D eigenvalue weighted by atomic mass is 35.5. The van der Waals surface area contributed by atoms with Crippen molar-refractivity contribution in [2.24, 2.45) is 0 Å². The van der Waals surface area contributed by atoms with Crippen LogP contribution in [0.3, 0.4) is 0 Å². The van der Waals surface area contributed by atoms with Gasteiger partial charge in [-0.1, -0.05) is 11.6 Å². The van der Waals surface area contributed by atoms with Gasteiger partial charge >= 0.3 is 0 Å². The topological polar surface area (TPSA) is 42.0 Å². The summed E-state index contributed by atoms with van der Waals surface area (Å²) in [4.78, 5) is 15.4. The molecule has 1 aromatic rings. The predicted octanol–water partition coefficient (Wildman–Crippen LogP) is 2.74. The van der Waals surface area contributed by atoms with Crippen molar-refractivity contribution in [1.29, 1.82) is 0 Å². The van der Waals surface area contributed by atoms with Crippen molar-refractivity contribution < 1.29 is 4.79 Å². The number of anilines is 1. The monoisotopic (exact) mass is 244 g/mol. The van der Waals surface area contributed by atoms with E-state index in [0.29, 0.717) is 17.3 Å². The van der Waals surface area contributed by atoms with E-state index in [1.54, 1.807) is 18.0 Å². The third-order valence-corrected chi connectivity index (χ3v) is 2.70. The molecule has 5 heteroatoms. The number of nitrogens with one attached hydrogen (secondary N) is 1. The van der Waals surface area contributed by atoms with Crippen LogP contribution in [0.4, 0.5) is 5.69 Å². The van der Waals surface area contributed by atoms with E-state index in [2.05, 4.69) is 10.3 Å². The van der Waals surface area contributed by atoms with Gasteiger partial charge in [0, 0.05) is 18.4 Å². The average Bonchev–Trinajstić information content (AvgIpc) is 2.20.